The van der Waals surface area contributed by atoms with E-state index in [0.29, 0.717) is 16.7 Å². The number of carboxylic acid groups (broad SMARTS) is 1. The van der Waals surface area contributed by atoms with Crippen LogP contribution in [0.15, 0.2) is 64.2 Å². The van der Waals surface area contributed by atoms with Gasteiger partial charge in [0.05, 0.1) is 12.7 Å². The molecule has 0 aliphatic carbocycles. The maximum absolute atomic E-state index is 11.3. The molecule has 0 saturated carbocycles. The lowest BCUT2D eigenvalue weighted by Gasteiger charge is -2.08. The minimum atomic E-state index is -0.961. The molecule has 2 aromatic carbocycles. The number of aromatic nitrogens is 2. The maximum atomic E-state index is 11.3. The standard InChI is InChI=1S/C27H26N2O4S/c1-5-18-6-11-21(13-23(18)32-4)24-14-22(15-34-27-28-16(2)12-17(3)29-27)25(33-24)19-7-9-20(10-8-19)26(30)31/h6-14H,5,15H2,1-4H3,(H,30,31). The molecule has 6 nitrogen and oxygen atoms in total. The van der Waals surface area contributed by atoms with E-state index in [1.807, 2.05) is 38.1 Å². The molecule has 4 rings (SSSR count). The fraction of sp³-hybridized carbons (Fsp3) is 0.222. The smallest absolute Gasteiger partial charge is 0.335 e. The van der Waals surface area contributed by atoms with Crippen LogP contribution in [0.4, 0.5) is 0 Å². The number of benzene rings is 2. The molecule has 0 atom stereocenters. The Kier molecular flexibility index (Phi) is 7.03. The van der Waals surface area contributed by atoms with E-state index < -0.39 is 5.97 Å². The minimum absolute atomic E-state index is 0.231. The zero-order chi connectivity index (χ0) is 24.2. The molecule has 2 aromatic heterocycles. The molecule has 0 spiro atoms. The second kappa shape index (κ2) is 10.1. The Morgan fingerprint density at radius 1 is 0.971 bits per heavy atom. The van der Waals surface area contributed by atoms with Crippen molar-refractivity contribution in [3.05, 3.63) is 82.7 Å². The summed E-state index contributed by atoms with van der Waals surface area (Å²) >= 11 is 1.54. The minimum Gasteiger partial charge on any atom is -0.496 e. The molecule has 7 heteroatoms. The molecule has 0 radical (unpaired) electrons. The van der Waals surface area contributed by atoms with Gasteiger partial charge < -0.3 is 14.3 Å². The van der Waals surface area contributed by atoms with Crippen molar-refractivity contribution in [3.8, 4) is 28.4 Å². The van der Waals surface area contributed by atoms with E-state index in [1.165, 1.54) is 11.8 Å². The van der Waals surface area contributed by atoms with Crippen LogP contribution >= 0.6 is 11.8 Å². The zero-order valence-electron chi connectivity index (χ0n) is 19.6. The van der Waals surface area contributed by atoms with Crippen LogP contribution in [-0.2, 0) is 12.2 Å². The number of methoxy groups -OCH3 is 1. The summed E-state index contributed by atoms with van der Waals surface area (Å²) in [6.07, 6.45) is 0.876. The van der Waals surface area contributed by atoms with Gasteiger partial charge in [0, 0.05) is 33.8 Å². The Morgan fingerprint density at radius 2 is 1.65 bits per heavy atom. The summed E-state index contributed by atoms with van der Waals surface area (Å²) in [5, 5.41) is 9.96. The van der Waals surface area contributed by atoms with Crippen molar-refractivity contribution in [1.29, 1.82) is 0 Å². The molecule has 34 heavy (non-hydrogen) atoms. The molecule has 0 unspecified atom stereocenters. The van der Waals surface area contributed by atoms with Crippen molar-refractivity contribution in [3.63, 3.8) is 0 Å². The normalized spacial score (nSPS) is 10.9. The molecule has 0 bridgehead atoms. The largest absolute Gasteiger partial charge is 0.496 e. The highest BCUT2D eigenvalue weighted by molar-refractivity contribution is 7.98. The highest BCUT2D eigenvalue weighted by Crippen LogP contribution is 2.37. The first-order valence-corrected chi connectivity index (χ1v) is 11.9. The molecule has 1 N–H and O–H groups in total. The van der Waals surface area contributed by atoms with Gasteiger partial charge in [0.2, 0.25) is 0 Å². The van der Waals surface area contributed by atoms with Gasteiger partial charge in [0.1, 0.15) is 17.3 Å². The van der Waals surface area contributed by atoms with Crippen LogP contribution < -0.4 is 4.74 Å². The SMILES string of the molecule is CCc1ccc(-c2cc(CSc3nc(C)cc(C)n3)c(-c3ccc(C(=O)O)cc3)o2)cc1OC. The van der Waals surface area contributed by atoms with Crippen molar-refractivity contribution in [2.45, 2.75) is 38.1 Å². The third-order valence-corrected chi connectivity index (χ3v) is 6.37. The lowest BCUT2D eigenvalue weighted by atomic mass is 10.1. The van der Waals surface area contributed by atoms with E-state index in [4.69, 9.17) is 9.15 Å². The summed E-state index contributed by atoms with van der Waals surface area (Å²) in [6.45, 7) is 6.00. The average Bonchev–Trinajstić information content (AvgIpc) is 3.26. The monoisotopic (exact) mass is 474 g/mol. The number of hydrogen-bond donors (Lipinski definition) is 1. The van der Waals surface area contributed by atoms with Crippen LogP contribution in [0.3, 0.4) is 0 Å². The summed E-state index contributed by atoms with van der Waals surface area (Å²) in [4.78, 5) is 20.3. The number of hydrogen-bond acceptors (Lipinski definition) is 6. The highest BCUT2D eigenvalue weighted by atomic mass is 32.2. The third kappa shape index (κ3) is 5.15. The summed E-state index contributed by atoms with van der Waals surface area (Å²) in [7, 11) is 1.67. The first kappa shape index (κ1) is 23.6. The number of nitrogens with zero attached hydrogens (tertiary/aromatic N) is 2. The average molecular weight is 475 g/mol. The third-order valence-electron chi connectivity index (χ3n) is 5.47. The molecule has 0 fully saturated rings. The van der Waals surface area contributed by atoms with E-state index in [1.54, 1.807) is 31.4 Å². The van der Waals surface area contributed by atoms with Gasteiger partial charge in [0.25, 0.3) is 0 Å². The lowest BCUT2D eigenvalue weighted by molar-refractivity contribution is 0.0697. The van der Waals surface area contributed by atoms with Crippen molar-refractivity contribution >= 4 is 17.7 Å². The van der Waals surface area contributed by atoms with Gasteiger partial charge >= 0.3 is 5.97 Å². The number of thioether (sulfide) groups is 1. The van der Waals surface area contributed by atoms with Gasteiger partial charge in [-0.2, -0.15) is 0 Å². The van der Waals surface area contributed by atoms with Gasteiger partial charge in [-0.25, -0.2) is 14.8 Å². The number of rotatable bonds is 8. The Hall–Kier alpha value is -3.58. The van der Waals surface area contributed by atoms with Gasteiger partial charge in [-0.15, -0.1) is 0 Å². The van der Waals surface area contributed by atoms with Crippen molar-refractivity contribution in [2.75, 3.05) is 7.11 Å². The van der Waals surface area contributed by atoms with Gasteiger partial charge in [-0.3, -0.25) is 0 Å². The number of aromatic carboxylic acids is 1. The number of aryl methyl sites for hydroxylation is 3. The number of furan rings is 1. The maximum Gasteiger partial charge on any atom is 0.335 e. The van der Waals surface area contributed by atoms with Crippen LogP contribution in [0.1, 0.15) is 39.8 Å². The van der Waals surface area contributed by atoms with Gasteiger partial charge in [0.15, 0.2) is 5.16 Å². The number of ether oxygens (including phenoxy) is 1. The van der Waals surface area contributed by atoms with Gasteiger partial charge in [-0.1, -0.05) is 43.0 Å². The van der Waals surface area contributed by atoms with E-state index in [9.17, 15) is 9.90 Å². The van der Waals surface area contributed by atoms with E-state index in [2.05, 4.69) is 23.0 Å². The fourth-order valence-corrected chi connectivity index (χ4v) is 4.69. The first-order valence-electron chi connectivity index (χ1n) is 11.0. The molecule has 0 amide bonds. The summed E-state index contributed by atoms with van der Waals surface area (Å²) in [5.74, 6) is 1.88. The summed E-state index contributed by atoms with van der Waals surface area (Å²) in [6, 6.07) is 16.8. The highest BCUT2D eigenvalue weighted by Gasteiger charge is 2.17. The van der Waals surface area contributed by atoms with E-state index in [-0.39, 0.29) is 5.56 Å². The molecular formula is C27H26N2O4S. The molecular weight excluding hydrogens is 448 g/mol. The van der Waals surface area contributed by atoms with Gasteiger partial charge in [-0.05, 0) is 56.2 Å². The summed E-state index contributed by atoms with van der Waals surface area (Å²) < 4.78 is 11.9. The number of carboxylic acids is 1. The van der Waals surface area contributed by atoms with Crippen LogP contribution in [0.5, 0.6) is 5.75 Å². The Balaban J connectivity index is 1.73. The van der Waals surface area contributed by atoms with E-state index >= 15 is 0 Å². The van der Waals surface area contributed by atoms with Crippen LogP contribution in [0, 0.1) is 13.8 Å². The molecule has 174 valence electrons. The Bertz CT molecular complexity index is 1310. The first-order chi connectivity index (χ1) is 16.4. The van der Waals surface area contributed by atoms with Crippen LogP contribution in [-0.4, -0.2) is 28.2 Å². The van der Waals surface area contributed by atoms with Crippen molar-refractivity contribution < 1.29 is 19.1 Å². The molecule has 2 heterocycles. The van der Waals surface area contributed by atoms with Crippen LogP contribution in [0.25, 0.3) is 22.6 Å². The lowest BCUT2D eigenvalue weighted by Crippen LogP contribution is -1.95. The summed E-state index contributed by atoms with van der Waals surface area (Å²) in [5.41, 5.74) is 5.91. The predicted octanol–water partition coefficient (Wildman–Crippen LogP) is 6.58. The Morgan fingerprint density at radius 3 is 2.26 bits per heavy atom. The molecule has 0 aliphatic rings. The zero-order valence-corrected chi connectivity index (χ0v) is 20.4. The Labute approximate surface area is 203 Å². The molecule has 4 aromatic rings. The fourth-order valence-electron chi connectivity index (χ4n) is 3.78. The quantitative estimate of drug-likeness (QED) is 0.228. The number of carbonyl (C=O) groups is 1. The topological polar surface area (TPSA) is 85.5 Å². The molecule has 0 aliphatic heterocycles. The van der Waals surface area contributed by atoms with E-state index in [0.717, 1.165) is 51.6 Å². The van der Waals surface area contributed by atoms with Crippen molar-refractivity contribution in [2.24, 2.45) is 0 Å². The van der Waals surface area contributed by atoms with Crippen LogP contribution in [0.2, 0.25) is 0 Å². The van der Waals surface area contributed by atoms with Crippen molar-refractivity contribution in [1.82, 2.24) is 9.97 Å². The predicted molar refractivity (Wildman–Crippen MR) is 134 cm³/mol. The second-order valence-corrected chi connectivity index (χ2v) is 8.89. The second-order valence-electron chi connectivity index (χ2n) is 7.95. The molecule has 0 saturated heterocycles.